The minimum absolute atomic E-state index is 0.0936. The average molecular weight is 389 g/mol. The third-order valence-corrected chi connectivity index (χ3v) is 5.90. The molecule has 0 unspecified atom stereocenters. The summed E-state index contributed by atoms with van der Waals surface area (Å²) in [5.74, 6) is 0.183. The highest BCUT2D eigenvalue weighted by Gasteiger charge is 2.28. The Balaban J connectivity index is 2.45. The second-order valence-corrected chi connectivity index (χ2v) is 9.23. The number of esters is 1. The molecular weight excluding hydrogens is 348 g/mol. The fourth-order valence-electron chi connectivity index (χ4n) is 3.41. The van der Waals surface area contributed by atoms with Crippen molar-refractivity contribution in [3.8, 4) is 0 Å². The van der Waals surface area contributed by atoms with Crippen molar-refractivity contribution in [2.75, 3.05) is 6.61 Å². The monoisotopic (exact) mass is 388 g/mol. The molecule has 1 rings (SSSR count). The number of aryl methyl sites for hydroxylation is 2. The Kier molecular flexibility index (Phi) is 9.92. The first-order valence-electron chi connectivity index (χ1n) is 10.8. The molecule has 0 saturated carbocycles. The van der Waals surface area contributed by atoms with Gasteiger partial charge in [0.2, 0.25) is 0 Å². The van der Waals surface area contributed by atoms with Crippen molar-refractivity contribution in [3.63, 3.8) is 0 Å². The smallest absolute Gasteiger partial charge is 0.311 e. The molecule has 1 aromatic carbocycles. The molecule has 28 heavy (non-hydrogen) atoms. The topological polar surface area (TPSA) is 43.4 Å². The highest BCUT2D eigenvalue weighted by Crippen LogP contribution is 2.27. The first kappa shape index (κ1) is 24.4. The van der Waals surface area contributed by atoms with Crippen molar-refractivity contribution >= 4 is 11.8 Å². The van der Waals surface area contributed by atoms with Crippen LogP contribution in [-0.2, 0) is 27.2 Å². The van der Waals surface area contributed by atoms with Crippen LogP contribution in [0, 0.1) is 10.8 Å². The van der Waals surface area contributed by atoms with E-state index in [0.717, 1.165) is 51.4 Å². The van der Waals surface area contributed by atoms with Gasteiger partial charge in [-0.25, -0.2) is 0 Å². The van der Waals surface area contributed by atoms with E-state index in [4.69, 9.17) is 4.74 Å². The van der Waals surface area contributed by atoms with Gasteiger partial charge in [0.15, 0.2) is 0 Å². The highest BCUT2D eigenvalue weighted by molar-refractivity contribution is 5.81. The van der Waals surface area contributed by atoms with Crippen molar-refractivity contribution in [3.05, 3.63) is 35.4 Å². The summed E-state index contributed by atoms with van der Waals surface area (Å²) in [5, 5.41) is 0. The lowest BCUT2D eigenvalue weighted by atomic mass is 9.83. The average Bonchev–Trinajstić information content (AvgIpc) is 2.63. The molecule has 0 fully saturated rings. The number of carbonyl (C=O) groups is 2. The van der Waals surface area contributed by atoms with Gasteiger partial charge in [0, 0.05) is 5.41 Å². The van der Waals surface area contributed by atoms with Crippen LogP contribution in [0.5, 0.6) is 0 Å². The zero-order chi connectivity index (χ0) is 21.2. The molecule has 3 nitrogen and oxygen atoms in total. The van der Waals surface area contributed by atoms with Gasteiger partial charge >= 0.3 is 5.97 Å². The number of Topliss-reactive ketones (excluding diaryl/α,β-unsaturated/α-hetero) is 1. The van der Waals surface area contributed by atoms with Crippen LogP contribution in [0.15, 0.2) is 24.3 Å². The van der Waals surface area contributed by atoms with E-state index in [1.165, 1.54) is 11.1 Å². The minimum atomic E-state index is -0.404. The molecule has 3 heteroatoms. The summed E-state index contributed by atoms with van der Waals surface area (Å²) in [6.45, 7) is 12.0. The Bertz CT molecular complexity index is 628. The minimum Gasteiger partial charge on any atom is -0.466 e. The maximum absolute atomic E-state index is 12.0. The fraction of sp³-hybridized carbons (Fsp3) is 0.680. The molecule has 0 heterocycles. The summed E-state index contributed by atoms with van der Waals surface area (Å²) in [4.78, 5) is 23.6. The van der Waals surface area contributed by atoms with Crippen molar-refractivity contribution in [1.82, 2.24) is 0 Å². The normalized spacial score (nSPS) is 12.1. The summed E-state index contributed by atoms with van der Waals surface area (Å²) >= 11 is 0. The molecule has 0 N–H and O–H groups in total. The molecule has 0 atom stereocenters. The van der Waals surface area contributed by atoms with E-state index in [2.05, 4.69) is 24.3 Å². The van der Waals surface area contributed by atoms with Crippen molar-refractivity contribution < 1.29 is 14.3 Å². The third-order valence-electron chi connectivity index (χ3n) is 5.90. The van der Waals surface area contributed by atoms with Gasteiger partial charge in [-0.05, 0) is 77.3 Å². The van der Waals surface area contributed by atoms with Gasteiger partial charge in [-0.2, -0.15) is 0 Å². The first-order chi connectivity index (χ1) is 13.1. The Morgan fingerprint density at radius 2 is 1.29 bits per heavy atom. The Hall–Kier alpha value is -1.64. The van der Waals surface area contributed by atoms with E-state index >= 15 is 0 Å². The third kappa shape index (κ3) is 8.16. The van der Waals surface area contributed by atoms with E-state index in [0.29, 0.717) is 6.61 Å². The van der Waals surface area contributed by atoms with Gasteiger partial charge < -0.3 is 4.74 Å². The molecule has 1 aromatic rings. The summed E-state index contributed by atoms with van der Waals surface area (Å²) in [7, 11) is 0. The summed E-state index contributed by atoms with van der Waals surface area (Å²) in [6.07, 6.45) is 8.22. The van der Waals surface area contributed by atoms with Gasteiger partial charge in [-0.15, -0.1) is 0 Å². The number of ketones is 1. The maximum Gasteiger partial charge on any atom is 0.311 e. The lowest BCUT2D eigenvalue weighted by Crippen LogP contribution is -2.26. The molecule has 0 saturated heterocycles. The molecule has 0 aliphatic carbocycles. The molecule has 0 amide bonds. The van der Waals surface area contributed by atoms with Crippen LogP contribution in [0.2, 0.25) is 0 Å². The van der Waals surface area contributed by atoms with Crippen molar-refractivity contribution in [2.45, 2.75) is 92.9 Å². The summed E-state index contributed by atoms with van der Waals surface area (Å²) in [5.41, 5.74) is 2.24. The second kappa shape index (κ2) is 11.4. The largest absolute Gasteiger partial charge is 0.466 e. The molecule has 0 aliphatic heterocycles. The molecule has 0 bridgehead atoms. The van der Waals surface area contributed by atoms with Gasteiger partial charge in [-0.3, -0.25) is 9.59 Å². The van der Waals surface area contributed by atoms with E-state index < -0.39 is 5.41 Å². The lowest BCUT2D eigenvalue weighted by molar-refractivity contribution is -0.153. The van der Waals surface area contributed by atoms with E-state index in [9.17, 15) is 9.59 Å². The first-order valence-corrected chi connectivity index (χ1v) is 10.8. The fourth-order valence-corrected chi connectivity index (χ4v) is 3.41. The van der Waals surface area contributed by atoms with E-state index in [1.54, 1.807) is 6.92 Å². The quantitative estimate of drug-likeness (QED) is 0.293. The van der Waals surface area contributed by atoms with Crippen LogP contribution < -0.4 is 0 Å². The van der Waals surface area contributed by atoms with Crippen LogP contribution in [0.4, 0.5) is 0 Å². The van der Waals surface area contributed by atoms with Crippen molar-refractivity contribution in [1.29, 1.82) is 0 Å². The number of carbonyl (C=O) groups excluding carboxylic acids is 2. The van der Waals surface area contributed by atoms with Gasteiger partial charge in [0.05, 0.1) is 12.0 Å². The van der Waals surface area contributed by atoms with E-state index in [1.807, 2.05) is 34.6 Å². The van der Waals surface area contributed by atoms with Crippen LogP contribution >= 0.6 is 0 Å². The molecule has 0 radical (unpaired) electrons. The highest BCUT2D eigenvalue weighted by atomic mass is 16.5. The summed E-state index contributed by atoms with van der Waals surface area (Å²) in [6, 6.07) is 8.68. The zero-order valence-corrected chi connectivity index (χ0v) is 18.9. The Morgan fingerprint density at radius 3 is 1.71 bits per heavy atom. The number of benzene rings is 1. The number of rotatable bonds is 13. The van der Waals surface area contributed by atoms with Crippen LogP contribution in [0.25, 0.3) is 0 Å². The predicted molar refractivity (Wildman–Crippen MR) is 116 cm³/mol. The Labute approximate surface area is 172 Å². The van der Waals surface area contributed by atoms with Crippen molar-refractivity contribution in [2.24, 2.45) is 10.8 Å². The molecular formula is C25H40O3. The molecule has 158 valence electrons. The number of hydrogen-bond donors (Lipinski definition) is 0. The number of ether oxygens (including phenoxy) is 1. The Morgan fingerprint density at radius 1 is 0.821 bits per heavy atom. The molecule has 0 aromatic heterocycles. The van der Waals surface area contributed by atoms with Crippen LogP contribution in [0.3, 0.4) is 0 Å². The van der Waals surface area contributed by atoms with Gasteiger partial charge in [-0.1, -0.05) is 51.0 Å². The standard InChI is InChI=1S/C25H40O3/c1-7-28-23(27)25(5,6)19-13-11-17-22-15-9-8-14-21(22)16-10-12-18-24(3,4)20(2)26/h8-9,14-15H,7,10-13,16-19H2,1-6H3. The van der Waals surface area contributed by atoms with Crippen LogP contribution in [-0.4, -0.2) is 18.4 Å². The number of hydrogen-bond acceptors (Lipinski definition) is 3. The predicted octanol–water partition coefficient (Wildman–Crippen LogP) is 6.32. The van der Waals surface area contributed by atoms with E-state index in [-0.39, 0.29) is 17.2 Å². The van der Waals surface area contributed by atoms with Gasteiger partial charge in [0.25, 0.3) is 0 Å². The molecule has 0 aliphatic rings. The zero-order valence-electron chi connectivity index (χ0n) is 18.9. The SMILES string of the molecule is CCOC(=O)C(C)(C)CCCCc1ccccc1CCCCC(C)(C)C(C)=O. The maximum atomic E-state index is 12.0. The number of unbranched alkanes of at least 4 members (excludes halogenated alkanes) is 2. The van der Waals surface area contributed by atoms with Crippen LogP contribution in [0.1, 0.15) is 91.2 Å². The second-order valence-electron chi connectivity index (χ2n) is 9.23. The summed E-state index contributed by atoms with van der Waals surface area (Å²) < 4.78 is 5.17. The van der Waals surface area contributed by atoms with Gasteiger partial charge in [0.1, 0.15) is 5.78 Å². The lowest BCUT2D eigenvalue weighted by Gasteiger charge is -2.22. The molecule has 0 spiro atoms.